The van der Waals surface area contributed by atoms with Crippen LogP contribution in [0.2, 0.25) is 5.15 Å². The summed E-state index contributed by atoms with van der Waals surface area (Å²) in [5, 5.41) is 5.10. The molecule has 106 valence electrons. The lowest BCUT2D eigenvalue weighted by atomic mass is 10.0. The molecule has 1 aromatic rings. The molecule has 2 fully saturated rings. The Balaban J connectivity index is 1.63. The normalized spacial score (nSPS) is 23.3. The second-order valence-corrected chi connectivity index (χ2v) is 5.72. The molecule has 0 saturated carbocycles. The summed E-state index contributed by atoms with van der Waals surface area (Å²) < 4.78 is 13.2. The highest BCUT2D eigenvalue weighted by Crippen LogP contribution is 2.32. The zero-order valence-corrected chi connectivity index (χ0v) is 12.2. The number of rotatable bonds is 2. The Morgan fingerprint density at radius 1 is 1.26 bits per heavy atom. The van der Waals surface area contributed by atoms with E-state index in [0.717, 1.165) is 62.1 Å². The van der Waals surface area contributed by atoms with Gasteiger partial charge in [0.15, 0.2) is 5.79 Å². The molecular weight excluding hydrogens is 266 g/mol. The second-order valence-electron chi connectivity index (χ2n) is 5.36. The lowest BCUT2D eigenvalue weighted by Crippen LogP contribution is -2.44. The molecule has 2 aliphatic rings. The predicted octanol–water partition coefficient (Wildman–Crippen LogP) is 1.72. The van der Waals surface area contributed by atoms with Crippen molar-refractivity contribution >= 4 is 11.6 Å². The molecule has 19 heavy (non-hydrogen) atoms. The van der Waals surface area contributed by atoms with Crippen LogP contribution in [0.3, 0.4) is 0 Å². The van der Waals surface area contributed by atoms with Crippen molar-refractivity contribution in [3.8, 4) is 0 Å². The van der Waals surface area contributed by atoms with E-state index in [1.807, 2.05) is 14.0 Å². The zero-order valence-electron chi connectivity index (χ0n) is 11.5. The predicted molar refractivity (Wildman–Crippen MR) is 72.1 cm³/mol. The van der Waals surface area contributed by atoms with Crippen LogP contribution in [-0.4, -0.2) is 46.8 Å². The van der Waals surface area contributed by atoms with E-state index in [9.17, 15) is 0 Å². The first-order chi connectivity index (χ1) is 9.10. The minimum absolute atomic E-state index is 0.301. The van der Waals surface area contributed by atoms with Crippen LogP contribution in [0.25, 0.3) is 0 Å². The molecule has 0 atom stereocenters. The van der Waals surface area contributed by atoms with E-state index in [1.165, 1.54) is 0 Å². The van der Waals surface area contributed by atoms with Crippen molar-refractivity contribution in [2.45, 2.75) is 32.1 Å². The third kappa shape index (κ3) is 2.52. The summed E-state index contributed by atoms with van der Waals surface area (Å²) >= 11 is 6.28. The molecule has 2 saturated heterocycles. The topological polar surface area (TPSA) is 39.5 Å². The number of likely N-dealkylation sites (tertiary alicyclic amines) is 1. The largest absolute Gasteiger partial charge is 0.347 e. The molecule has 0 amide bonds. The maximum absolute atomic E-state index is 6.28. The number of piperidine rings is 1. The average molecular weight is 286 g/mol. The third-order valence-electron chi connectivity index (χ3n) is 4.08. The van der Waals surface area contributed by atoms with Gasteiger partial charge in [-0.25, -0.2) is 0 Å². The van der Waals surface area contributed by atoms with Gasteiger partial charge in [-0.3, -0.25) is 9.58 Å². The van der Waals surface area contributed by atoms with Crippen molar-refractivity contribution in [1.29, 1.82) is 0 Å². The van der Waals surface area contributed by atoms with Crippen LogP contribution in [0.1, 0.15) is 24.1 Å². The van der Waals surface area contributed by atoms with Gasteiger partial charge in [-0.05, 0) is 6.92 Å². The minimum atomic E-state index is -0.301. The molecule has 0 radical (unpaired) electrons. The fraction of sp³-hybridized carbons (Fsp3) is 0.769. The zero-order chi connectivity index (χ0) is 13.5. The average Bonchev–Trinajstić information content (AvgIpc) is 2.94. The molecule has 6 heteroatoms. The number of aryl methyl sites for hydroxylation is 2. The third-order valence-corrected chi connectivity index (χ3v) is 4.56. The maximum Gasteiger partial charge on any atom is 0.170 e. The highest BCUT2D eigenvalue weighted by atomic mass is 35.5. The summed E-state index contributed by atoms with van der Waals surface area (Å²) in [7, 11) is 1.88. The van der Waals surface area contributed by atoms with Crippen LogP contribution in [0.4, 0.5) is 0 Å². The second kappa shape index (κ2) is 5.05. The molecule has 1 spiro atoms. The first-order valence-corrected chi connectivity index (χ1v) is 7.16. The summed E-state index contributed by atoms with van der Waals surface area (Å²) in [5.41, 5.74) is 2.15. The molecule has 0 N–H and O–H groups in total. The van der Waals surface area contributed by atoms with Crippen molar-refractivity contribution in [2.75, 3.05) is 26.3 Å². The van der Waals surface area contributed by atoms with Gasteiger partial charge < -0.3 is 9.47 Å². The monoisotopic (exact) mass is 285 g/mol. The summed E-state index contributed by atoms with van der Waals surface area (Å²) in [6.07, 6.45) is 1.87. The minimum Gasteiger partial charge on any atom is -0.347 e. The Kier molecular flexibility index (Phi) is 3.55. The van der Waals surface area contributed by atoms with E-state index < -0.39 is 0 Å². The number of hydrogen-bond acceptors (Lipinski definition) is 4. The molecular formula is C13H20ClN3O2. The van der Waals surface area contributed by atoms with E-state index in [-0.39, 0.29) is 5.79 Å². The highest BCUT2D eigenvalue weighted by molar-refractivity contribution is 6.30. The molecule has 0 aromatic carbocycles. The Labute approximate surface area is 118 Å². The van der Waals surface area contributed by atoms with E-state index in [2.05, 4.69) is 10.00 Å². The van der Waals surface area contributed by atoms with Gasteiger partial charge in [0.1, 0.15) is 5.15 Å². The molecule has 5 nitrogen and oxygen atoms in total. The lowest BCUT2D eigenvalue weighted by Gasteiger charge is -2.37. The van der Waals surface area contributed by atoms with Crippen LogP contribution >= 0.6 is 11.6 Å². The number of aromatic nitrogens is 2. The Morgan fingerprint density at radius 3 is 2.42 bits per heavy atom. The van der Waals surface area contributed by atoms with Gasteiger partial charge >= 0.3 is 0 Å². The summed E-state index contributed by atoms with van der Waals surface area (Å²) in [4.78, 5) is 2.40. The fourth-order valence-electron chi connectivity index (χ4n) is 2.91. The molecule has 1 aromatic heterocycles. The molecule has 0 bridgehead atoms. The highest BCUT2D eigenvalue weighted by Gasteiger charge is 2.39. The molecule has 0 unspecified atom stereocenters. The van der Waals surface area contributed by atoms with E-state index in [4.69, 9.17) is 21.1 Å². The first-order valence-electron chi connectivity index (χ1n) is 6.78. The van der Waals surface area contributed by atoms with Crippen molar-refractivity contribution in [1.82, 2.24) is 14.7 Å². The van der Waals surface area contributed by atoms with Gasteiger partial charge in [0.25, 0.3) is 0 Å². The van der Waals surface area contributed by atoms with Gasteiger partial charge in [0.2, 0.25) is 0 Å². The maximum atomic E-state index is 6.28. The van der Waals surface area contributed by atoms with Gasteiger partial charge in [-0.1, -0.05) is 11.6 Å². The van der Waals surface area contributed by atoms with Crippen LogP contribution in [-0.2, 0) is 23.1 Å². The van der Waals surface area contributed by atoms with Gasteiger partial charge in [0.05, 0.1) is 18.9 Å². The van der Waals surface area contributed by atoms with Crippen molar-refractivity contribution in [3.05, 3.63) is 16.4 Å². The first kappa shape index (κ1) is 13.4. The SMILES string of the molecule is Cc1nn(C)c(Cl)c1CN1CCC2(CC1)OCCO2. The Morgan fingerprint density at radius 2 is 1.89 bits per heavy atom. The molecule has 3 rings (SSSR count). The number of ether oxygens (including phenoxy) is 2. The summed E-state index contributed by atoms with van der Waals surface area (Å²) in [6.45, 7) is 6.28. The molecule has 2 aliphatic heterocycles. The molecule has 0 aliphatic carbocycles. The van der Waals surface area contributed by atoms with Crippen LogP contribution < -0.4 is 0 Å². The van der Waals surface area contributed by atoms with Crippen LogP contribution in [0, 0.1) is 6.92 Å². The van der Waals surface area contributed by atoms with E-state index in [1.54, 1.807) is 4.68 Å². The van der Waals surface area contributed by atoms with Crippen molar-refractivity contribution in [3.63, 3.8) is 0 Å². The quantitative estimate of drug-likeness (QED) is 0.829. The van der Waals surface area contributed by atoms with Crippen LogP contribution in [0.5, 0.6) is 0 Å². The van der Waals surface area contributed by atoms with Gasteiger partial charge in [-0.15, -0.1) is 0 Å². The Bertz CT molecular complexity index is 459. The lowest BCUT2D eigenvalue weighted by molar-refractivity contribution is -0.185. The Hall–Kier alpha value is -0.620. The smallest absolute Gasteiger partial charge is 0.170 e. The van der Waals surface area contributed by atoms with Gasteiger partial charge in [0, 0.05) is 45.1 Å². The number of hydrogen-bond donors (Lipinski definition) is 0. The number of halogens is 1. The summed E-state index contributed by atoms with van der Waals surface area (Å²) in [5.74, 6) is -0.301. The summed E-state index contributed by atoms with van der Waals surface area (Å²) in [6, 6.07) is 0. The van der Waals surface area contributed by atoms with Crippen LogP contribution in [0.15, 0.2) is 0 Å². The molecule has 3 heterocycles. The standard InChI is InChI=1S/C13H20ClN3O2/c1-10-11(12(14)16(2)15-10)9-17-5-3-13(4-6-17)18-7-8-19-13/h3-9H2,1-2H3. The number of nitrogens with zero attached hydrogens (tertiary/aromatic N) is 3. The van der Waals surface area contributed by atoms with E-state index >= 15 is 0 Å². The van der Waals surface area contributed by atoms with Gasteiger partial charge in [-0.2, -0.15) is 5.10 Å². The van der Waals surface area contributed by atoms with E-state index in [0.29, 0.717) is 0 Å². The van der Waals surface area contributed by atoms with Crippen molar-refractivity contribution in [2.24, 2.45) is 7.05 Å². The van der Waals surface area contributed by atoms with Crippen molar-refractivity contribution < 1.29 is 9.47 Å². The fourth-order valence-corrected chi connectivity index (χ4v) is 3.15.